The summed E-state index contributed by atoms with van der Waals surface area (Å²) in [6, 6.07) is 0. The van der Waals surface area contributed by atoms with Gasteiger partial charge in [-0.25, -0.2) is 0 Å². The van der Waals surface area contributed by atoms with Crippen molar-refractivity contribution in [1.29, 1.82) is 0 Å². The van der Waals surface area contributed by atoms with Gasteiger partial charge in [-0.05, 0) is 12.8 Å². The molecule has 0 spiro atoms. The molecule has 0 aromatic carbocycles. The number of nitrogens with one attached hydrogen (secondary N) is 1. The predicted molar refractivity (Wildman–Crippen MR) is 54.2 cm³/mol. The lowest BCUT2D eigenvalue weighted by Gasteiger charge is -2.32. The first kappa shape index (κ1) is 10.6. The fraction of sp³-hybridized carbons (Fsp3) is 0.818. The van der Waals surface area contributed by atoms with Gasteiger partial charge in [0.2, 0.25) is 5.91 Å². The zero-order valence-electron chi connectivity index (χ0n) is 8.79. The summed E-state index contributed by atoms with van der Waals surface area (Å²) in [7, 11) is 0. The Labute approximate surface area is 89.0 Å². The molecular formula is C11H17NO3. The van der Waals surface area contributed by atoms with Gasteiger partial charge < -0.3 is 10.4 Å². The number of amides is 1. The molecule has 2 rings (SSSR count). The molecule has 2 aliphatic rings. The maximum Gasteiger partial charge on any atom is 0.224 e. The Morgan fingerprint density at radius 1 is 1.40 bits per heavy atom. The molecule has 0 aromatic heterocycles. The number of carbonyl (C=O) groups excluding carboxylic acids is 2. The maximum absolute atomic E-state index is 11.7. The van der Waals surface area contributed by atoms with Crippen LogP contribution < -0.4 is 5.32 Å². The Kier molecular flexibility index (Phi) is 2.78. The van der Waals surface area contributed by atoms with Crippen LogP contribution in [0, 0.1) is 5.92 Å². The van der Waals surface area contributed by atoms with E-state index in [1.165, 1.54) is 0 Å². The van der Waals surface area contributed by atoms with Crippen LogP contribution in [0.25, 0.3) is 0 Å². The number of carbonyl (C=O) groups is 2. The maximum atomic E-state index is 11.7. The van der Waals surface area contributed by atoms with Crippen molar-refractivity contribution in [2.24, 2.45) is 5.92 Å². The highest BCUT2D eigenvalue weighted by Gasteiger charge is 2.39. The second kappa shape index (κ2) is 3.93. The number of hydrogen-bond acceptors (Lipinski definition) is 3. The van der Waals surface area contributed by atoms with Crippen molar-refractivity contribution >= 4 is 11.7 Å². The van der Waals surface area contributed by atoms with Crippen LogP contribution in [0.3, 0.4) is 0 Å². The SMILES string of the molecule is O=C1CC(C(=O)NC2(CO)CCCC2)C1. The van der Waals surface area contributed by atoms with E-state index >= 15 is 0 Å². The van der Waals surface area contributed by atoms with Crippen LogP contribution in [0.15, 0.2) is 0 Å². The fourth-order valence-corrected chi connectivity index (χ4v) is 2.41. The topological polar surface area (TPSA) is 66.4 Å². The summed E-state index contributed by atoms with van der Waals surface area (Å²) >= 11 is 0. The van der Waals surface area contributed by atoms with Gasteiger partial charge in [0.15, 0.2) is 0 Å². The second-order valence-electron chi connectivity index (χ2n) is 4.78. The van der Waals surface area contributed by atoms with Gasteiger partial charge in [-0.3, -0.25) is 9.59 Å². The van der Waals surface area contributed by atoms with Crippen LogP contribution in [0.1, 0.15) is 38.5 Å². The molecule has 0 aliphatic heterocycles. The largest absolute Gasteiger partial charge is 0.394 e. The summed E-state index contributed by atoms with van der Waals surface area (Å²) in [5.74, 6) is -0.0216. The molecule has 2 saturated carbocycles. The van der Waals surface area contributed by atoms with Crippen LogP contribution in [0.2, 0.25) is 0 Å². The van der Waals surface area contributed by atoms with Crippen LogP contribution in [-0.4, -0.2) is 28.9 Å². The summed E-state index contributed by atoms with van der Waals surface area (Å²) < 4.78 is 0. The molecule has 0 atom stereocenters. The average molecular weight is 211 g/mol. The van der Waals surface area contributed by atoms with Gasteiger partial charge in [0.25, 0.3) is 0 Å². The molecule has 4 nitrogen and oxygen atoms in total. The highest BCUT2D eigenvalue weighted by Crippen LogP contribution is 2.31. The predicted octanol–water partition coefficient (Wildman–Crippen LogP) is 0.387. The van der Waals surface area contributed by atoms with Gasteiger partial charge in [-0.1, -0.05) is 12.8 Å². The summed E-state index contributed by atoms with van der Waals surface area (Å²) in [5.41, 5.74) is -0.393. The van der Waals surface area contributed by atoms with E-state index in [-0.39, 0.29) is 24.2 Å². The Balaban J connectivity index is 1.89. The van der Waals surface area contributed by atoms with E-state index in [2.05, 4.69) is 5.32 Å². The lowest BCUT2D eigenvalue weighted by atomic mass is 9.82. The zero-order chi connectivity index (χ0) is 10.9. The third kappa shape index (κ3) is 2.04. The molecule has 4 heteroatoms. The lowest BCUT2D eigenvalue weighted by molar-refractivity contribution is -0.139. The Hall–Kier alpha value is -0.900. The minimum absolute atomic E-state index is 0.0133. The third-order valence-corrected chi connectivity index (χ3v) is 3.57. The van der Waals surface area contributed by atoms with E-state index in [9.17, 15) is 14.7 Å². The summed E-state index contributed by atoms with van der Waals surface area (Å²) in [6.45, 7) is 0.0133. The third-order valence-electron chi connectivity index (χ3n) is 3.57. The summed E-state index contributed by atoms with van der Waals surface area (Å²) in [5, 5.41) is 12.2. The molecule has 2 aliphatic carbocycles. The summed E-state index contributed by atoms with van der Waals surface area (Å²) in [4.78, 5) is 22.5. The van der Waals surface area contributed by atoms with Crippen LogP contribution in [-0.2, 0) is 9.59 Å². The van der Waals surface area contributed by atoms with Crippen molar-refractivity contribution in [3.63, 3.8) is 0 Å². The number of hydrogen-bond donors (Lipinski definition) is 2. The van der Waals surface area contributed by atoms with Gasteiger partial charge in [0.05, 0.1) is 18.1 Å². The van der Waals surface area contributed by atoms with Crippen molar-refractivity contribution in [2.75, 3.05) is 6.61 Å². The van der Waals surface area contributed by atoms with E-state index in [0.29, 0.717) is 12.8 Å². The van der Waals surface area contributed by atoms with Crippen molar-refractivity contribution in [3.05, 3.63) is 0 Å². The molecular weight excluding hydrogens is 194 g/mol. The van der Waals surface area contributed by atoms with Gasteiger partial charge >= 0.3 is 0 Å². The molecule has 2 N–H and O–H groups in total. The number of aliphatic hydroxyl groups is 1. The van der Waals surface area contributed by atoms with Gasteiger partial charge in [0, 0.05) is 12.8 Å². The first-order valence-electron chi connectivity index (χ1n) is 5.60. The van der Waals surface area contributed by atoms with E-state index < -0.39 is 5.54 Å². The van der Waals surface area contributed by atoms with Crippen molar-refractivity contribution < 1.29 is 14.7 Å². The van der Waals surface area contributed by atoms with Crippen molar-refractivity contribution in [2.45, 2.75) is 44.1 Å². The van der Waals surface area contributed by atoms with Gasteiger partial charge in [-0.2, -0.15) is 0 Å². The highest BCUT2D eigenvalue weighted by atomic mass is 16.3. The molecule has 0 unspecified atom stereocenters. The molecule has 84 valence electrons. The Bertz CT molecular complexity index is 274. The Morgan fingerprint density at radius 3 is 2.47 bits per heavy atom. The van der Waals surface area contributed by atoms with E-state index in [1.807, 2.05) is 0 Å². The quantitative estimate of drug-likeness (QED) is 0.709. The summed E-state index contributed by atoms with van der Waals surface area (Å²) in [6.07, 6.45) is 4.60. The molecule has 0 radical (unpaired) electrons. The number of Topliss-reactive ketones (excluding diaryl/α,β-unsaturated/α-hetero) is 1. The van der Waals surface area contributed by atoms with Crippen molar-refractivity contribution in [3.8, 4) is 0 Å². The standard InChI is InChI=1S/C11H17NO3/c13-7-11(3-1-2-4-11)12-10(15)8-5-9(14)6-8/h8,13H,1-7H2,(H,12,15). The van der Waals surface area contributed by atoms with Gasteiger partial charge in [-0.15, -0.1) is 0 Å². The Morgan fingerprint density at radius 2 is 2.00 bits per heavy atom. The molecule has 15 heavy (non-hydrogen) atoms. The van der Waals surface area contributed by atoms with Crippen LogP contribution in [0.4, 0.5) is 0 Å². The smallest absolute Gasteiger partial charge is 0.224 e. The van der Waals surface area contributed by atoms with Crippen molar-refractivity contribution in [1.82, 2.24) is 5.32 Å². The molecule has 0 saturated heterocycles. The van der Waals surface area contributed by atoms with E-state index in [1.54, 1.807) is 0 Å². The first-order valence-corrected chi connectivity index (χ1v) is 5.60. The number of rotatable bonds is 3. The molecule has 0 aromatic rings. The minimum Gasteiger partial charge on any atom is -0.394 e. The molecule has 1 amide bonds. The average Bonchev–Trinajstić information content (AvgIpc) is 2.62. The lowest BCUT2D eigenvalue weighted by Crippen LogP contribution is -2.53. The normalized spacial score (nSPS) is 25.0. The molecule has 0 heterocycles. The van der Waals surface area contributed by atoms with E-state index in [4.69, 9.17) is 0 Å². The first-order chi connectivity index (χ1) is 7.15. The highest BCUT2D eigenvalue weighted by molar-refractivity contribution is 5.96. The number of aliphatic hydroxyl groups excluding tert-OH is 1. The van der Waals surface area contributed by atoms with E-state index in [0.717, 1.165) is 25.7 Å². The molecule has 0 bridgehead atoms. The monoisotopic (exact) mass is 211 g/mol. The van der Waals surface area contributed by atoms with Gasteiger partial charge in [0.1, 0.15) is 5.78 Å². The fourth-order valence-electron chi connectivity index (χ4n) is 2.41. The zero-order valence-corrected chi connectivity index (χ0v) is 8.79. The number of ketones is 1. The molecule has 2 fully saturated rings. The van der Waals surface area contributed by atoms with Crippen LogP contribution >= 0.6 is 0 Å². The van der Waals surface area contributed by atoms with Crippen LogP contribution in [0.5, 0.6) is 0 Å². The second-order valence-corrected chi connectivity index (χ2v) is 4.78. The minimum atomic E-state index is -0.393.